The van der Waals surface area contributed by atoms with Crippen molar-refractivity contribution >= 4 is 20.2 Å². The van der Waals surface area contributed by atoms with Crippen LogP contribution >= 0.6 is 0 Å². The zero-order valence-corrected chi connectivity index (χ0v) is 18.9. The quantitative estimate of drug-likeness (QED) is 0.558. The summed E-state index contributed by atoms with van der Waals surface area (Å²) >= 11 is 0. The number of aryl methyl sites for hydroxylation is 2. The molecule has 0 heterocycles. The van der Waals surface area contributed by atoms with Gasteiger partial charge >= 0.3 is 0 Å². The van der Waals surface area contributed by atoms with Gasteiger partial charge in [0.1, 0.15) is 0 Å². The highest BCUT2D eigenvalue weighted by atomic mass is 32.2. The average Bonchev–Trinajstić information content (AvgIpc) is 2.72. The lowest BCUT2D eigenvalue weighted by Crippen LogP contribution is -2.24. The van der Waals surface area contributed by atoms with Crippen LogP contribution in [-0.4, -0.2) is 30.0 Å². The van der Waals surface area contributed by atoms with Crippen LogP contribution in [0.5, 0.6) is 0 Å². The summed E-state index contributed by atoms with van der Waals surface area (Å²) in [6.07, 6.45) is 3.12. The normalized spacial score (nSPS) is 20.2. The van der Waals surface area contributed by atoms with Gasteiger partial charge in [0.15, 0.2) is 0 Å². The molecule has 6 nitrogen and oxygen atoms in total. The summed E-state index contributed by atoms with van der Waals surface area (Å²) in [6.45, 7) is 4.08. The van der Waals surface area contributed by atoms with E-state index in [1.165, 1.54) is 0 Å². The van der Waals surface area contributed by atoms with Crippen LogP contribution < -0.4 is 0 Å². The monoisotopic (exact) mass is 452 g/mol. The molecule has 1 fully saturated rings. The fourth-order valence-corrected chi connectivity index (χ4v) is 5.44. The number of hydrogen-bond acceptors (Lipinski definition) is 6. The van der Waals surface area contributed by atoms with Gasteiger partial charge in [0.25, 0.3) is 20.2 Å². The maximum Gasteiger partial charge on any atom is 0.296 e. The van der Waals surface area contributed by atoms with E-state index in [9.17, 15) is 16.8 Å². The molecule has 3 rings (SSSR count). The van der Waals surface area contributed by atoms with E-state index in [0.717, 1.165) is 36.8 Å². The van der Waals surface area contributed by atoms with E-state index in [-0.39, 0.29) is 34.8 Å². The van der Waals surface area contributed by atoms with Crippen molar-refractivity contribution in [2.75, 3.05) is 13.2 Å². The van der Waals surface area contributed by atoms with E-state index >= 15 is 0 Å². The van der Waals surface area contributed by atoms with Crippen molar-refractivity contribution < 1.29 is 25.2 Å². The summed E-state index contributed by atoms with van der Waals surface area (Å²) in [5.74, 6) is 0.269. The van der Waals surface area contributed by atoms with Gasteiger partial charge in [-0.05, 0) is 75.6 Å². The van der Waals surface area contributed by atoms with E-state index in [1.54, 1.807) is 48.5 Å². The molecule has 0 saturated heterocycles. The van der Waals surface area contributed by atoms with Gasteiger partial charge < -0.3 is 0 Å². The van der Waals surface area contributed by atoms with Gasteiger partial charge in [0.05, 0.1) is 23.0 Å². The summed E-state index contributed by atoms with van der Waals surface area (Å²) in [6, 6.07) is 13.2. The lowest BCUT2D eigenvalue weighted by atomic mass is 9.83. The number of benzene rings is 2. The van der Waals surface area contributed by atoms with Crippen molar-refractivity contribution in [1.29, 1.82) is 0 Å². The summed E-state index contributed by atoms with van der Waals surface area (Å²) < 4.78 is 59.8. The fourth-order valence-electron chi connectivity index (χ4n) is 3.48. The summed E-state index contributed by atoms with van der Waals surface area (Å²) in [4.78, 5) is 0.327. The molecule has 0 radical (unpaired) electrons. The van der Waals surface area contributed by atoms with Crippen LogP contribution in [0.25, 0.3) is 0 Å². The van der Waals surface area contributed by atoms with Crippen LogP contribution in [-0.2, 0) is 28.6 Å². The Balaban J connectivity index is 1.44. The Morgan fingerprint density at radius 3 is 1.23 bits per heavy atom. The lowest BCUT2D eigenvalue weighted by molar-refractivity contribution is 0.153. The van der Waals surface area contributed by atoms with Crippen molar-refractivity contribution in [1.82, 2.24) is 0 Å². The molecule has 2 aromatic rings. The van der Waals surface area contributed by atoms with Crippen LogP contribution in [0.3, 0.4) is 0 Å². The zero-order chi connectivity index (χ0) is 21.8. The molecule has 0 unspecified atom stereocenters. The van der Waals surface area contributed by atoms with E-state index in [2.05, 4.69) is 0 Å². The first-order valence-electron chi connectivity index (χ1n) is 10.1. The van der Waals surface area contributed by atoms with Crippen LogP contribution in [0.4, 0.5) is 0 Å². The predicted molar refractivity (Wildman–Crippen MR) is 114 cm³/mol. The maximum atomic E-state index is 12.3. The first-order chi connectivity index (χ1) is 14.2. The maximum absolute atomic E-state index is 12.3. The molecule has 0 spiro atoms. The minimum Gasteiger partial charge on any atom is -0.266 e. The topological polar surface area (TPSA) is 86.7 Å². The molecule has 1 saturated carbocycles. The van der Waals surface area contributed by atoms with E-state index in [1.807, 2.05) is 13.8 Å². The Hall–Kier alpha value is -1.74. The van der Waals surface area contributed by atoms with Gasteiger partial charge in [-0.15, -0.1) is 0 Å². The second-order valence-corrected chi connectivity index (χ2v) is 11.2. The molecule has 2 aromatic carbocycles. The molecule has 1 aliphatic carbocycles. The van der Waals surface area contributed by atoms with Gasteiger partial charge in [-0.25, -0.2) is 0 Å². The van der Waals surface area contributed by atoms with Gasteiger partial charge in [-0.1, -0.05) is 35.4 Å². The minimum atomic E-state index is -3.76. The molecule has 30 heavy (non-hydrogen) atoms. The first-order valence-corrected chi connectivity index (χ1v) is 12.9. The number of hydrogen-bond donors (Lipinski definition) is 0. The molecular weight excluding hydrogens is 424 g/mol. The average molecular weight is 453 g/mol. The number of rotatable bonds is 8. The minimum absolute atomic E-state index is 0.134. The van der Waals surface area contributed by atoms with Crippen LogP contribution in [0.15, 0.2) is 58.3 Å². The van der Waals surface area contributed by atoms with Crippen molar-refractivity contribution in [3.05, 3.63) is 59.7 Å². The molecule has 0 amide bonds. The third-order valence-corrected chi connectivity index (χ3v) is 8.10. The molecule has 0 bridgehead atoms. The van der Waals surface area contributed by atoms with E-state index in [0.29, 0.717) is 0 Å². The molecule has 0 atom stereocenters. The van der Waals surface area contributed by atoms with Crippen molar-refractivity contribution in [3.63, 3.8) is 0 Å². The van der Waals surface area contributed by atoms with Crippen LogP contribution in [0, 0.1) is 25.7 Å². The Kier molecular flexibility index (Phi) is 7.34. The highest BCUT2D eigenvalue weighted by molar-refractivity contribution is 7.87. The van der Waals surface area contributed by atoms with Crippen molar-refractivity contribution in [2.45, 2.75) is 49.3 Å². The summed E-state index contributed by atoms with van der Waals surface area (Å²) in [5.41, 5.74) is 1.97. The summed E-state index contributed by atoms with van der Waals surface area (Å²) in [7, 11) is -7.51. The lowest BCUT2D eigenvalue weighted by Gasteiger charge is -2.27. The van der Waals surface area contributed by atoms with Crippen molar-refractivity contribution in [2.24, 2.45) is 11.8 Å². The van der Waals surface area contributed by atoms with E-state index < -0.39 is 20.2 Å². The Morgan fingerprint density at radius 2 is 0.933 bits per heavy atom. The SMILES string of the molecule is Cc1ccc(S(=O)(=O)OC[C@H]2CC[C@@H](COS(=O)(=O)c3ccc(C)cc3)CC2)cc1. The Morgan fingerprint density at radius 1 is 0.633 bits per heavy atom. The second-order valence-electron chi connectivity index (χ2n) is 7.99. The first kappa shape index (κ1) is 22.9. The fraction of sp³-hybridized carbons (Fsp3) is 0.455. The van der Waals surface area contributed by atoms with Gasteiger partial charge in [-0.2, -0.15) is 16.8 Å². The molecule has 164 valence electrons. The highest BCUT2D eigenvalue weighted by Gasteiger charge is 2.26. The summed E-state index contributed by atoms with van der Waals surface area (Å²) in [5, 5.41) is 0. The molecule has 0 aromatic heterocycles. The third-order valence-electron chi connectivity index (χ3n) is 5.50. The largest absolute Gasteiger partial charge is 0.296 e. The second kappa shape index (κ2) is 9.60. The van der Waals surface area contributed by atoms with Crippen molar-refractivity contribution in [3.8, 4) is 0 Å². The smallest absolute Gasteiger partial charge is 0.266 e. The molecule has 0 aliphatic heterocycles. The molecule has 8 heteroatoms. The Labute approximate surface area is 179 Å². The molecule has 0 N–H and O–H groups in total. The zero-order valence-electron chi connectivity index (χ0n) is 17.3. The predicted octanol–water partition coefficient (Wildman–Crippen LogP) is 4.22. The van der Waals surface area contributed by atoms with Gasteiger partial charge in [0, 0.05) is 0 Å². The molecular formula is C22H28O6S2. The van der Waals surface area contributed by atoms with Gasteiger partial charge in [0.2, 0.25) is 0 Å². The standard InChI is InChI=1S/C22H28O6S2/c1-17-3-11-21(12-4-17)29(23,24)27-15-19-7-9-20(10-8-19)16-28-30(25,26)22-13-5-18(2)6-14-22/h3-6,11-14,19-20H,7-10,15-16H2,1-2H3/t19-,20+. The van der Waals surface area contributed by atoms with E-state index in [4.69, 9.17) is 8.37 Å². The van der Waals surface area contributed by atoms with Gasteiger partial charge in [-0.3, -0.25) is 8.37 Å². The van der Waals surface area contributed by atoms with Crippen LogP contribution in [0.1, 0.15) is 36.8 Å². The molecule has 1 aliphatic rings. The third kappa shape index (κ3) is 6.14. The Bertz CT molecular complexity index is 946. The van der Waals surface area contributed by atoms with Crippen LogP contribution in [0.2, 0.25) is 0 Å². The highest BCUT2D eigenvalue weighted by Crippen LogP contribution is 2.30.